The Kier molecular flexibility index (Phi) is 2.61. The molecule has 0 aromatic carbocycles. The number of halogens is 2. The molecule has 1 aromatic rings. The number of rotatable bonds is 4. The third-order valence-electron chi connectivity index (χ3n) is 2.22. The van der Waals surface area contributed by atoms with E-state index in [1.807, 2.05) is 0 Å². The Morgan fingerprint density at radius 3 is 2.81 bits per heavy atom. The van der Waals surface area contributed by atoms with E-state index in [-0.39, 0.29) is 24.3 Å². The standard InChI is InChI=1S/C9H11F2N3O2/c1-9(10,11)8-13-6(16-14-8)4-12-7(15)5-2-3-5/h5H,2-4H2,1H3,(H,12,15). The highest BCUT2D eigenvalue weighted by Crippen LogP contribution is 2.28. The summed E-state index contributed by atoms with van der Waals surface area (Å²) in [4.78, 5) is 14.7. The Bertz CT molecular complexity index is 396. The maximum Gasteiger partial charge on any atom is 0.307 e. The molecule has 1 aliphatic rings. The van der Waals surface area contributed by atoms with Crippen LogP contribution in [0.1, 0.15) is 31.5 Å². The van der Waals surface area contributed by atoms with Gasteiger partial charge >= 0.3 is 5.92 Å². The average molecular weight is 231 g/mol. The van der Waals surface area contributed by atoms with E-state index in [1.165, 1.54) is 0 Å². The van der Waals surface area contributed by atoms with Crippen LogP contribution >= 0.6 is 0 Å². The third-order valence-corrected chi connectivity index (χ3v) is 2.22. The lowest BCUT2D eigenvalue weighted by Crippen LogP contribution is -2.24. The predicted octanol–water partition coefficient (Wildman–Crippen LogP) is 1.21. The lowest BCUT2D eigenvalue weighted by Gasteiger charge is -2.01. The first kappa shape index (κ1) is 11.0. The van der Waals surface area contributed by atoms with Gasteiger partial charge in [-0.15, -0.1) is 0 Å². The first-order valence-corrected chi connectivity index (χ1v) is 4.95. The molecular weight excluding hydrogens is 220 g/mol. The van der Waals surface area contributed by atoms with Gasteiger partial charge in [-0.25, -0.2) is 0 Å². The lowest BCUT2D eigenvalue weighted by atomic mass is 10.4. The van der Waals surface area contributed by atoms with Crippen molar-refractivity contribution >= 4 is 5.91 Å². The van der Waals surface area contributed by atoms with Gasteiger partial charge < -0.3 is 9.84 Å². The Morgan fingerprint density at radius 1 is 1.62 bits per heavy atom. The van der Waals surface area contributed by atoms with Crippen LogP contribution in [0, 0.1) is 5.92 Å². The minimum Gasteiger partial charge on any atom is -0.347 e. The summed E-state index contributed by atoms with van der Waals surface area (Å²) in [7, 11) is 0. The molecule has 7 heteroatoms. The van der Waals surface area contributed by atoms with Crippen LogP contribution in [0.5, 0.6) is 0 Å². The molecule has 0 radical (unpaired) electrons. The smallest absolute Gasteiger partial charge is 0.307 e. The molecule has 0 atom stereocenters. The van der Waals surface area contributed by atoms with Crippen molar-refractivity contribution in [1.29, 1.82) is 0 Å². The SMILES string of the molecule is CC(F)(F)c1noc(CNC(=O)C2CC2)n1. The van der Waals surface area contributed by atoms with E-state index in [9.17, 15) is 13.6 Å². The summed E-state index contributed by atoms with van der Waals surface area (Å²) in [5.74, 6) is -3.82. The zero-order chi connectivity index (χ0) is 11.8. The van der Waals surface area contributed by atoms with E-state index in [2.05, 4.69) is 20.0 Å². The van der Waals surface area contributed by atoms with E-state index in [4.69, 9.17) is 0 Å². The molecule has 2 rings (SSSR count). The van der Waals surface area contributed by atoms with Gasteiger partial charge in [0.15, 0.2) is 0 Å². The Hall–Kier alpha value is -1.53. The Balaban J connectivity index is 1.90. The molecule has 1 fully saturated rings. The second-order valence-corrected chi connectivity index (χ2v) is 3.89. The summed E-state index contributed by atoms with van der Waals surface area (Å²) in [6.07, 6.45) is 1.77. The van der Waals surface area contributed by atoms with Crippen molar-refractivity contribution in [3.63, 3.8) is 0 Å². The van der Waals surface area contributed by atoms with Crippen LogP contribution in [0.25, 0.3) is 0 Å². The topological polar surface area (TPSA) is 68.0 Å². The van der Waals surface area contributed by atoms with E-state index < -0.39 is 11.7 Å². The van der Waals surface area contributed by atoms with E-state index in [0.717, 1.165) is 12.8 Å². The van der Waals surface area contributed by atoms with E-state index in [0.29, 0.717) is 6.92 Å². The van der Waals surface area contributed by atoms with Crippen LogP contribution < -0.4 is 5.32 Å². The summed E-state index contributed by atoms with van der Waals surface area (Å²) in [6, 6.07) is 0. The van der Waals surface area contributed by atoms with Crippen molar-refractivity contribution in [2.45, 2.75) is 32.2 Å². The first-order valence-electron chi connectivity index (χ1n) is 4.95. The van der Waals surface area contributed by atoms with Crippen molar-refractivity contribution in [2.75, 3.05) is 0 Å². The number of hydrogen-bond acceptors (Lipinski definition) is 4. The molecule has 0 aliphatic heterocycles. The van der Waals surface area contributed by atoms with E-state index in [1.54, 1.807) is 0 Å². The maximum absolute atomic E-state index is 12.7. The number of nitrogens with one attached hydrogen (secondary N) is 1. The maximum atomic E-state index is 12.7. The van der Waals surface area contributed by atoms with Gasteiger partial charge in [-0.1, -0.05) is 5.16 Å². The van der Waals surface area contributed by atoms with Gasteiger partial charge in [0, 0.05) is 12.8 Å². The zero-order valence-electron chi connectivity index (χ0n) is 8.67. The molecule has 1 N–H and O–H groups in total. The second-order valence-electron chi connectivity index (χ2n) is 3.89. The molecule has 0 spiro atoms. The molecule has 5 nitrogen and oxygen atoms in total. The summed E-state index contributed by atoms with van der Waals surface area (Å²) < 4.78 is 30.1. The number of carbonyl (C=O) groups excluding carboxylic acids is 1. The minimum atomic E-state index is -3.12. The van der Waals surface area contributed by atoms with Gasteiger partial charge in [-0.2, -0.15) is 13.8 Å². The molecule has 0 saturated heterocycles. The molecule has 1 aliphatic carbocycles. The molecular formula is C9H11F2N3O2. The van der Waals surface area contributed by atoms with Gasteiger partial charge in [0.05, 0.1) is 6.54 Å². The van der Waals surface area contributed by atoms with Crippen LogP contribution in [-0.4, -0.2) is 16.0 Å². The Morgan fingerprint density at radius 2 is 2.31 bits per heavy atom. The number of nitrogens with zero attached hydrogens (tertiary/aromatic N) is 2. The fraction of sp³-hybridized carbons (Fsp3) is 0.667. The molecule has 1 aromatic heterocycles. The fourth-order valence-electron chi connectivity index (χ4n) is 1.16. The molecule has 0 bridgehead atoms. The van der Waals surface area contributed by atoms with Crippen LogP contribution in [0.2, 0.25) is 0 Å². The van der Waals surface area contributed by atoms with Crippen molar-refractivity contribution in [3.8, 4) is 0 Å². The van der Waals surface area contributed by atoms with E-state index >= 15 is 0 Å². The average Bonchev–Trinajstić information content (AvgIpc) is 2.92. The highest BCUT2D eigenvalue weighted by molar-refractivity contribution is 5.80. The number of amides is 1. The number of alkyl halides is 2. The summed E-state index contributed by atoms with van der Waals surface area (Å²) in [5.41, 5.74) is 0. The number of hydrogen-bond donors (Lipinski definition) is 1. The minimum absolute atomic E-state index is 0.00157. The second kappa shape index (κ2) is 3.80. The molecule has 88 valence electrons. The summed E-state index contributed by atoms with van der Waals surface area (Å²) >= 11 is 0. The molecule has 1 amide bonds. The fourth-order valence-corrected chi connectivity index (χ4v) is 1.16. The lowest BCUT2D eigenvalue weighted by molar-refractivity contribution is -0.122. The van der Waals surface area contributed by atoms with Gasteiger partial charge in [-0.3, -0.25) is 4.79 Å². The Labute approximate surface area is 90.2 Å². The highest BCUT2D eigenvalue weighted by atomic mass is 19.3. The largest absolute Gasteiger partial charge is 0.347 e. The third kappa shape index (κ3) is 2.53. The van der Waals surface area contributed by atoms with Gasteiger partial charge in [0.2, 0.25) is 17.6 Å². The molecule has 1 heterocycles. The first-order chi connectivity index (χ1) is 7.47. The quantitative estimate of drug-likeness (QED) is 0.845. The van der Waals surface area contributed by atoms with Gasteiger partial charge in [0.1, 0.15) is 0 Å². The zero-order valence-corrected chi connectivity index (χ0v) is 8.67. The summed E-state index contributed by atoms with van der Waals surface area (Å²) in [5, 5.41) is 5.68. The van der Waals surface area contributed by atoms with Gasteiger partial charge in [0.25, 0.3) is 0 Å². The summed E-state index contributed by atoms with van der Waals surface area (Å²) in [6.45, 7) is 0.683. The molecule has 1 saturated carbocycles. The monoisotopic (exact) mass is 231 g/mol. The normalized spacial score (nSPS) is 16.2. The molecule has 16 heavy (non-hydrogen) atoms. The number of aromatic nitrogens is 2. The van der Waals surface area contributed by atoms with Crippen molar-refractivity contribution in [1.82, 2.24) is 15.5 Å². The predicted molar refractivity (Wildman–Crippen MR) is 48.4 cm³/mol. The van der Waals surface area contributed by atoms with Crippen molar-refractivity contribution < 1.29 is 18.1 Å². The van der Waals surface area contributed by atoms with Crippen LogP contribution in [0.15, 0.2) is 4.52 Å². The number of carbonyl (C=O) groups is 1. The van der Waals surface area contributed by atoms with Crippen molar-refractivity contribution in [2.24, 2.45) is 5.92 Å². The van der Waals surface area contributed by atoms with Crippen molar-refractivity contribution in [3.05, 3.63) is 11.7 Å². The van der Waals surface area contributed by atoms with Crippen LogP contribution in [-0.2, 0) is 17.3 Å². The van der Waals surface area contributed by atoms with Crippen LogP contribution in [0.4, 0.5) is 8.78 Å². The molecule has 0 unspecified atom stereocenters. The van der Waals surface area contributed by atoms with Crippen LogP contribution in [0.3, 0.4) is 0 Å². The van der Waals surface area contributed by atoms with Gasteiger partial charge in [-0.05, 0) is 12.8 Å². The highest BCUT2D eigenvalue weighted by Gasteiger charge is 2.32.